The number of benzene rings is 2. The molecule has 2 aromatic carbocycles. The Hall–Kier alpha value is -2.74. The topological polar surface area (TPSA) is 59.6 Å². The number of ether oxygens (including phenoxy) is 2. The number of halogens is 3. The molecule has 1 aliphatic heterocycles. The summed E-state index contributed by atoms with van der Waals surface area (Å²) >= 11 is 0. The number of nitrogens with one attached hydrogen (secondary N) is 2. The van der Waals surface area contributed by atoms with E-state index in [0.29, 0.717) is 0 Å². The van der Waals surface area contributed by atoms with E-state index in [1.807, 2.05) is 30.3 Å². The fourth-order valence-electron chi connectivity index (χ4n) is 3.36. The third-order valence-corrected chi connectivity index (χ3v) is 4.58. The SMILES string of the molecule is COc1ccc(OC(F)(F)F)cc1C(=O)N[C@H]1CCCN[C@H]1c1ccccc1. The maximum Gasteiger partial charge on any atom is 0.573 e. The van der Waals surface area contributed by atoms with Crippen molar-refractivity contribution in [3.05, 3.63) is 59.7 Å². The number of alkyl halides is 3. The zero-order valence-electron chi connectivity index (χ0n) is 15.3. The van der Waals surface area contributed by atoms with E-state index in [1.54, 1.807) is 0 Å². The Morgan fingerprint density at radius 1 is 1.18 bits per heavy atom. The number of rotatable bonds is 5. The van der Waals surface area contributed by atoms with Gasteiger partial charge in [-0.25, -0.2) is 0 Å². The van der Waals surface area contributed by atoms with Gasteiger partial charge in [-0.1, -0.05) is 30.3 Å². The largest absolute Gasteiger partial charge is 0.573 e. The molecule has 28 heavy (non-hydrogen) atoms. The second kappa shape index (κ2) is 8.52. The molecule has 0 radical (unpaired) electrons. The maximum atomic E-state index is 12.8. The molecule has 0 spiro atoms. The Balaban J connectivity index is 1.81. The zero-order valence-corrected chi connectivity index (χ0v) is 15.3. The van der Waals surface area contributed by atoms with Crippen LogP contribution in [0.2, 0.25) is 0 Å². The lowest BCUT2D eigenvalue weighted by molar-refractivity contribution is -0.274. The summed E-state index contributed by atoms with van der Waals surface area (Å²) in [6.07, 6.45) is -3.21. The summed E-state index contributed by atoms with van der Waals surface area (Å²) in [7, 11) is 1.35. The summed E-state index contributed by atoms with van der Waals surface area (Å²) < 4.78 is 46.6. The summed E-state index contributed by atoms with van der Waals surface area (Å²) in [5.41, 5.74) is 1.02. The lowest BCUT2D eigenvalue weighted by Crippen LogP contribution is -2.48. The molecule has 5 nitrogen and oxygen atoms in total. The van der Waals surface area contributed by atoms with Crippen LogP contribution in [-0.2, 0) is 0 Å². The monoisotopic (exact) mass is 394 g/mol. The molecule has 150 valence electrons. The number of amides is 1. The number of hydrogen-bond acceptors (Lipinski definition) is 4. The number of carbonyl (C=O) groups is 1. The Morgan fingerprint density at radius 2 is 1.93 bits per heavy atom. The first kappa shape index (κ1) is 20.0. The van der Waals surface area contributed by atoms with Crippen LogP contribution in [0.1, 0.15) is 34.8 Å². The molecule has 8 heteroatoms. The second-order valence-electron chi connectivity index (χ2n) is 6.47. The Kier molecular flexibility index (Phi) is 6.08. The van der Waals surface area contributed by atoms with Gasteiger partial charge in [0, 0.05) is 6.04 Å². The summed E-state index contributed by atoms with van der Waals surface area (Å²) in [5.74, 6) is -0.814. The number of carbonyl (C=O) groups excluding carboxylic acids is 1. The van der Waals surface area contributed by atoms with E-state index < -0.39 is 18.0 Å². The Morgan fingerprint density at radius 3 is 2.61 bits per heavy atom. The summed E-state index contributed by atoms with van der Waals surface area (Å²) in [5, 5.41) is 6.32. The van der Waals surface area contributed by atoms with Crippen LogP contribution in [0.3, 0.4) is 0 Å². The van der Waals surface area contributed by atoms with Crippen LogP contribution in [-0.4, -0.2) is 32.0 Å². The molecule has 1 heterocycles. The van der Waals surface area contributed by atoms with Gasteiger partial charge in [0.05, 0.1) is 18.7 Å². The predicted octanol–water partition coefficient (Wildman–Crippen LogP) is 3.82. The quantitative estimate of drug-likeness (QED) is 0.810. The molecule has 2 aromatic rings. The van der Waals surface area contributed by atoms with Crippen molar-refractivity contribution in [1.29, 1.82) is 0 Å². The van der Waals surface area contributed by atoms with Crippen molar-refractivity contribution in [2.45, 2.75) is 31.3 Å². The van der Waals surface area contributed by atoms with Crippen LogP contribution in [0.5, 0.6) is 11.5 Å². The predicted molar refractivity (Wildman–Crippen MR) is 97.4 cm³/mol. The zero-order chi connectivity index (χ0) is 20.1. The minimum absolute atomic E-state index is 0.0124. The van der Waals surface area contributed by atoms with Crippen LogP contribution >= 0.6 is 0 Å². The molecule has 0 aromatic heterocycles. The van der Waals surface area contributed by atoms with E-state index >= 15 is 0 Å². The molecule has 1 aliphatic rings. The fourth-order valence-corrected chi connectivity index (χ4v) is 3.36. The minimum Gasteiger partial charge on any atom is -0.496 e. The molecule has 0 bridgehead atoms. The van der Waals surface area contributed by atoms with Crippen molar-refractivity contribution in [2.75, 3.05) is 13.7 Å². The second-order valence-corrected chi connectivity index (χ2v) is 6.47. The molecule has 1 fully saturated rings. The molecule has 1 saturated heterocycles. The van der Waals surface area contributed by atoms with Gasteiger partial charge in [0.25, 0.3) is 5.91 Å². The smallest absolute Gasteiger partial charge is 0.496 e. The molecule has 3 rings (SSSR count). The van der Waals surface area contributed by atoms with Gasteiger partial charge in [0.15, 0.2) is 0 Å². The molecular formula is C20H21F3N2O3. The average Bonchev–Trinajstić information content (AvgIpc) is 2.68. The minimum atomic E-state index is -4.84. The summed E-state index contributed by atoms with van der Waals surface area (Å²) in [6, 6.07) is 12.8. The lowest BCUT2D eigenvalue weighted by Gasteiger charge is -2.33. The lowest BCUT2D eigenvalue weighted by atomic mass is 9.92. The number of piperidine rings is 1. The van der Waals surface area contributed by atoms with Gasteiger partial charge in [-0.15, -0.1) is 13.2 Å². The average molecular weight is 394 g/mol. The van der Waals surface area contributed by atoms with E-state index in [1.165, 1.54) is 13.2 Å². The molecular weight excluding hydrogens is 373 g/mol. The third-order valence-electron chi connectivity index (χ3n) is 4.58. The first-order chi connectivity index (χ1) is 13.4. The van der Waals surface area contributed by atoms with Gasteiger partial charge in [-0.2, -0.15) is 0 Å². The van der Waals surface area contributed by atoms with Crippen molar-refractivity contribution in [3.63, 3.8) is 0 Å². The van der Waals surface area contributed by atoms with Crippen molar-refractivity contribution in [3.8, 4) is 11.5 Å². The summed E-state index contributed by atoms with van der Waals surface area (Å²) in [6.45, 7) is 0.824. The van der Waals surface area contributed by atoms with Crippen molar-refractivity contribution < 1.29 is 27.4 Å². The van der Waals surface area contributed by atoms with E-state index in [4.69, 9.17) is 4.74 Å². The maximum absolute atomic E-state index is 12.8. The standard InChI is InChI=1S/C20H21F3N2O3/c1-27-17-10-9-14(28-20(21,22)23)12-15(17)19(26)25-16-8-5-11-24-18(16)13-6-3-2-4-7-13/h2-4,6-7,9-10,12,16,18,24H,5,8,11H2,1H3,(H,25,26)/t16-,18-/m0/s1. The van der Waals surface area contributed by atoms with Gasteiger partial charge in [-0.3, -0.25) is 4.79 Å². The number of hydrogen-bond donors (Lipinski definition) is 2. The van der Waals surface area contributed by atoms with Gasteiger partial charge < -0.3 is 20.1 Å². The Labute approximate surface area is 160 Å². The van der Waals surface area contributed by atoms with Crippen LogP contribution in [0, 0.1) is 0 Å². The highest BCUT2D eigenvalue weighted by Gasteiger charge is 2.32. The third kappa shape index (κ3) is 4.95. The van der Waals surface area contributed by atoms with E-state index in [9.17, 15) is 18.0 Å². The van der Waals surface area contributed by atoms with E-state index in [-0.39, 0.29) is 23.4 Å². The highest BCUT2D eigenvalue weighted by Crippen LogP contribution is 2.29. The molecule has 0 saturated carbocycles. The van der Waals surface area contributed by atoms with Crippen LogP contribution in [0.4, 0.5) is 13.2 Å². The first-order valence-electron chi connectivity index (χ1n) is 8.90. The normalized spacial score (nSPS) is 19.7. The van der Waals surface area contributed by atoms with E-state index in [0.717, 1.165) is 37.1 Å². The molecule has 1 amide bonds. The van der Waals surface area contributed by atoms with E-state index in [2.05, 4.69) is 15.4 Å². The van der Waals surface area contributed by atoms with Crippen LogP contribution < -0.4 is 20.1 Å². The van der Waals surface area contributed by atoms with Gasteiger partial charge >= 0.3 is 6.36 Å². The molecule has 2 N–H and O–H groups in total. The van der Waals surface area contributed by atoms with Crippen molar-refractivity contribution in [1.82, 2.24) is 10.6 Å². The molecule has 0 unspecified atom stereocenters. The van der Waals surface area contributed by atoms with Crippen molar-refractivity contribution >= 4 is 5.91 Å². The van der Waals surface area contributed by atoms with Crippen LogP contribution in [0.15, 0.2) is 48.5 Å². The molecule has 0 aliphatic carbocycles. The van der Waals surface area contributed by atoms with Crippen molar-refractivity contribution in [2.24, 2.45) is 0 Å². The van der Waals surface area contributed by atoms with Gasteiger partial charge in [-0.05, 0) is 43.1 Å². The van der Waals surface area contributed by atoms with Crippen LogP contribution in [0.25, 0.3) is 0 Å². The van der Waals surface area contributed by atoms with Gasteiger partial charge in [0.2, 0.25) is 0 Å². The molecule has 2 atom stereocenters. The highest BCUT2D eigenvalue weighted by atomic mass is 19.4. The Bertz CT molecular complexity index is 812. The van der Waals surface area contributed by atoms with Gasteiger partial charge in [0.1, 0.15) is 11.5 Å². The fraction of sp³-hybridized carbons (Fsp3) is 0.350. The first-order valence-corrected chi connectivity index (χ1v) is 8.90. The highest BCUT2D eigenvalue weighted by molar-refractivity contribution is 5.97. The number of methoxy groups -OCH3 is 1. The summed E-state index contributed by atoms with van der Waals surface area (Å²) in [4.78, 5) is 12.8.